The normalized spacial score (nSPS) is 10.8. The summed E-state index contributed by atoms with van der Waals surface area (Å²) in [5.41, 5.74) is 2.53. The Labute approximate surface area is 69.4 Å². The highest BCUT2D eigenvalue weighted by Gasteiger charge is 2.13. The molecule has 0 aromatic rings. The van der Waals surface area contributed by atoms with Gasteiger partial charge < -0.3 is 9.40 Å². The van der Waals surface area contributed by atoms with Crippen molar-refractivity contribution in [2.75, 3.05) is 0 Å². The van der Waals surface area contributed by atoms with E-state index in [-0.39, 0.29) is 5.63 Å². The molecule has 0 spiro atoms. The summed E-state index contributed by atoms with van der Waals surface area (Å²) in [7, 11) is 0. The van der Waals surface area contributed by atoms with Crippen LogP contribution in [0.4, 0.5) is 0 Å². The van der Waals surface area contributed by atoms with E-state index in [9.17, 15) is 4.79 Å². The van der Waals surface area contributed by atoms with Crippen molar-refractivity contribution in [2.24, 2.45) is 0 Å². The molecule has 0 aromatic carbocycles. The molecule has 3 heteroatoms. The van der Waals surface area contributed by atoms with Gasteiger partial charge in [-0.1, -0.05) is 0 Å². The molecule has 1 N–H and O–H groups in total. The summed E-state index contributed by atoms with van der Waals surface area (Å²) in [5, 5.41) is 0. The summed E-state index contributed by atoms with van der Waals surface area (Å²) in [5.74, 6) is 0.667. The topological polar surface area (TPSA) is 46.0 Å². The molecular weight excluding hydrogens is 154 g/mol. The molecular formula is C9H9NO2. The molecule has 0 unspecified atom stereocenters. The molecule has 62 valence electrons. The number of aromatic amines is 1. The van der Waals surface area contributed by atoms with Crippen LogP contribution >= 0.6 is 0 Å². The smallest absolute Gasteiger partial charge is 0.336 e. The molecule has 12 heavy (non-hydrogen) atoms. The number of aromatic nitrogens is 1. The van der Waals surface area contributed by atoms with Crippen molar-refractivity contribution < 1.29 is 4.42 Å². The fourth-order valence-corrected chi connectivity index (χ4v) is 1.30. The maximum Gasteiger partial charge on any atom is 0.336 e. The molecule has 0 aliphatic carbocycles. The quantitative estimate of drug-likeness (QED) is 0.642. The van der Waals surface area contributed by atoms with E-state index in [2.05, 4.69) is 4.98 Å². The first-order valence-corrected chi connectivity index (χ1v) is 3.77. The molecule has 2 aliphatic heterocycles. The molecule has 0 saturated carbocycles. The molecule has 0 radical (unpaired) electrons. The van der Waals surface area contributed by atoms with Crippen molar-refractivity contribution in [3.63, 3.8) is 0 Å². The number of hydrogen-bond donors (Lipinski definition) is 1. The predicted molar refractivity (Wildman–Crippen MR) is 45.4 cm³/mol. The first-order valence-electron chi connectivity index (χ1n) is 3.77. The van der Waals surface area contributed by atoms with Crippen molar-refractivity contribution in [2.45, 2.75) is 13.8 Å². The van der Waals surface area contributed by atoms with Crippen LogP contribution in [0.2, 0.25) is 0 Å². The van der Waals surface area contributed by atoms with E-state index in [1.807, 2.05) is 20.0 Å². The summed E-state index contributed by atoms with van der Waals surface area (Å²) >= 11 is 0. The van der Waals surface area contributed by atoms with Gasteiger partial charge in [-0.2, -0.15) is 0 Å². The molecule has 0 aromatic heterocycles. The SMILES string of the molecule is Cc1c[nH]c(C)c2oc(=O)cc1-2. The second-order valence-corrected chi connectivity index (χ2v) is 2.90. The number of rotatable bonds is 0. The van der Waals surface area contributed by atoms with Gasteiger partial charge in [0.2, 0.25) is 0 Å². The van der Waals surface area contributed by atoms with Gasteiger partial charge in [0.1, 0.15) is 0 Å². The summed E-state index contributed by atoms with van der Waals surface area (Å²) in [6.45, 7) is 3.82. The lowest BCUT2D eigenvalue weighted by Crippen LogP contribution is -1.88. The van der Waals surface area contributed by atoms with Gasteiger partial charge in [-0.25, -0.2) is 4.79 Å². The van der Waals surface area contributed by atoms with Gasteiger partial charge in [0.05, 0.1) is 5.69 Å². The fraction of sp³-hybridized carbons (Fsp3) is 0.222. The van der Waals surface area contributed by atoms with Crippen LogP contribution < -0.4 is 5.63 Å². The van der Waals surface area contributed by atoms with Crippen LogP contribution in [-0.2, 0) is 0 Å². The van der Waals surface area contributed by atoms with Crippen LogP contribution in [0.3, 0.4) is 0 Å². The van der Waals surface area contributed by atoms with Gasteiger partial charge >= 0.3 is 5.63 Å². The van der Waals surface area contributed by atoms with E-state index < -0.39 is 0 Å². The first kappa shape index (κ1) is 7.16. The number of fused-ring (bicyclic) bond motifs is 1. The Kier molecular flexibility index (Phi) is 1.33. The summed E-state index contributed by atoms with van der Waals surface area (Å²) in [6.07, 6.45) is 1.87. The van der Waals surface area contributed by atoms with Crippen molar-refractivity contribution in [3.8, 4) is 11.3 Å². The van der Waals surface area contributed by atoms with Gasteiger partial charge in [-0.15, -0.1) is 0 Å². The summed E-state index contributed by atoms with van der Waals surface area (Å²) in [4.78, 5) is 13.9. The highest BCUT2D eigenvalue weighted by Crippen LogP contribution is 2.25. The van der Waals surface area contributed by atoms with Crippen molar-refractivity contribution in [1.29, 1.82) is 0 Å². The lowest BCUT2D eigenvalue weighted by atomic mass is 10.1. The standard InChI is InChI=1S/C9H9NO2/c1-5-4-10-6(2)9-7(5)3-8(11)12-9/h3-4,10H,1-2H3. The monoisotopic (exact) mass is 163 g/mol. The zero-order valence-corrected chi connectivity index (χ0v) is 6.97. The Morgan fingerprint density at radius 1 is 1.42 bits per heavy atom. The maximum absolute atomic E-state index is 10.9. The highest BCUT2D eigenvalue weighted by atomic mass is 16.4. The number of furan rings is 1. The number of pyridine rings is 1. The van der Waals surface area contributed by atoms with Crippen molar-refractivity contribution in [3.05, 3.63) is 33.9 Å². The molecule has 2 heterocycles. The molecule has 2 aliphatic rings. The second kappa shape index (κ2) is 2.24. The third kappa shape index (κ3) is 0.863. The van der Waals surface area contributed by atoms with Gasteiger partial charge in [0.25, 0.3) is 0 Å². The van der Waals surface area contributed by atoms with Crippen LogP contribution in [-0.4, -0.2) is 4.98 Å². The van der Waals surface area contributed by atoms with E-state index >= 15 is 0 Å². The third-order valence-corrected chi connectivity index (χ3v) is 1.98. The largest absolute Gasteiger partial charge is 0.421 e. The van der Waals surface area contributed by atoms with Gasteiger partial charge in [0, 0.05) is 17.8 Å². The van der Waals surface area contributed by atoms with E-state index in [1.54, 1.807) is 0 Å². The Hall–Kier alpha value is -1.51. The summed E-state index contributed by atoms with van der Waals surface area (Å²) in [6, 6.07) is 1.52. The van der Waals surface area contributed by atoms with Crippen LogP contribution in [0.25, 0.3) is 11.3 Å². The van der Waals surface area contributed by atoms with Gasteiger partial charge in [-0.3, -0.25) is 0 Å². The lowest BCUT2D eigenvalue weighted by Gasteiger charge is -2.03. The number of nitrogens with one attached hydrogen (secondary N) is 1. The zero-order valence-electron chi connectivity index (χ0n) is 6.97. The Bertz CT molecular complexity index is 400. The molecule has 0 bridgehead atoms. The van der Waals surface area contributed by atoms with E-state index in [1.165, 1.54) is 6.07 Å². The van der Waals surface area contributed by atoms with Crippen LogP contribution in [0.15, 0.2) is 21.5 Å². The van der Waals surface area contributed by atoms with Crippen LogP contribution in [0.1, 0.15) is 11.3 Å². The molecule has 0 atom stereocenters. The molecule has 0 fully saturated rings. The van der Waals surface area contributed by atoms with E-state index in [0.29, 0.717) is 5.76 Å². The van der Waals surface area contributed by atoms with Crippen molar-refractivity contribution in [1.82, 2.24) is 4.98 Å². The Morgan fingerprint density at radius 3 is 2.83 bits per heavy atom. The second-order valence-electron chi connectivity index (χ2n) is 2.90. The van der Waals surface area contributed by atoms with E-state index in [0.717, 1.165) is 16.8 Å². The molecule has 3 nitrogen and oxygen atoms in total. The fourth-order valence-electron chi connectivity index (χ4n) is 1.30. The first-order chi connectivity index (χ1) is 5.68. The van der Waals surface area contributed by atoms with Crippen LogP contribution in [0.5, 0.6) is 0 Å². The minimum Gasteiger partial charge on any atom is -0.421 e. The number of H-pyrrole nitrogens is 1. The van der Waals surface area contributed by atoms with E-state index in [4.69, 9.17) is 4.42 Å². The maximum atomic E-state index is 10.9. The number of aryl methyl sites for hydroxylation is 2. The number of hydrogen-bond acceptors (Lipinski definition) is 2. The molecule has 2 rings (SSSR count). The Balaban J connectivity index is 2.91. The average molecular weight is 163 g/mol. The van der Waals surface area contributed by atoms with Crippen molar-refractivity contribution >= 4 is 0 Å². The highest BCUT2D eigenvalue weighted by molar-refractivity contribution is 5.64. The zero-order chi connectivity index (χ0) is 8.72. The van der Waals surface area contributed by atoms with Gasteiger partial charge in [-0.05, 0) is 19.4 Å². The molecule has 0 saturated heterocycles. The van der Waals surface area contributed by atoms with Crippen LogP contribution in [0, 0.1) is 13.8 Å². The average Bonchev–Trinajstić information content (AvgIpc) is 2.41. The molecule has 0 amide bonds. The minimum absolute atomic E-state index is 0.282. The third-order valence-electron chi connectivity index (χ3n) is 1.98. The summed E-state index contributed by atoms with van der Waals surface area (Å²) < 4.78 is 4.99. The predicted octanol–water partition coefficient (Wildman–Crippen LogP) is 1.69. The lowest BCUT2D eigenvalue weighted by molar-refractivity contribution is 0.539. The Morgan fingerprint density at radius 2 is 2.17 bits per heavy atom. The minimum atomic E-state index is -0.282. The van der Waals surface area contributed by atoms with Gasteiger partial charge in [0.15, 0.2) is 5.76 Å².